The molecule has 100 valence electrons. The van der Waals surface area contributed by atoms with Crippen LogP contribution < -0.4 is 0 Å². The van der Waals surface area contributed by atoms with Gasteiger partial charge in [-0.2, -0.15) is 0 Å². The van der Waals surface area contributed by atoms with Gasteiger partial charge in [0.1, 0.15) is 5.82 Å². The zero-order valence-corrected chi connectivity index (χ0v) is 11.3. The molecule has 0 saturated heterocycles. The summed E-state index contributed by atoms with van der Waals surface area (Å²) in [6, 6.07) is 11.9. The van der Waals surface area contributed by atoms with Crippen molar-refractivity contribution in [1.82, 2.24) is 4.57 Å². The summed E-state index contributed by atoms with van der Waals surface area (Å²) in [4.78, 5) is 11.1. The number of halogens is 2. The van der Waals surface area contributed by atoms with Crippen LogP contribution in [0.4, 0.5) is 4.39 Å². The molecule has 0 N–H and O–H groups in total. The van der Waals surface area contributed by atoms with Crippen LogP contribution in [0.3, 0.4) is 0 Å². The highest BCUT2D eigenvalue weighted by Gasteiger charge is 2.09. The third-order valence-corrected chi connectivity index (χ3v) is 3.66. The van der Waals surface area contributed by atoms with Gasteiger partial charge in [-0.3, -0.25) is 4.79 Å². The van der Waals surface area contributed by atoms with Crippen molar-refractivity contribution in [3.63, 3.8) is 0 Å². The molecule has 1 aromatic heterocycles. The Morgan fingerprint density at radius 1 is 1.20 bits per heavy atom. The fourth-order valence-corrected chi connectivity index (χ4v) is 2.53. The van der Waals surface area contributed by atoms with E-state index in [0.717, 1.165) is 17.2 Å². The first kappa shape index (κ1) is 12.9. The molecule has 4 heteroatoms. The third kappa shape index (κ3) is 2.21. The van der Waals surface area contributed by atoms with Gasteiger partial charge in [0, 0.05) is 34.2 Å². The molecule has 3 rings (SSSR count). The Labute approximate surface area is 120 Å². The number of fused-ring (bicyclic) bond motifs is 1. The maximum absolute atomic E-state index is 13.3. The second-order valence-electron chi connectivity index (χ2n) is 4.58. The standard InChI is InChI=1S/C16H11ClFNO/c17-15-6-5-13(18)7-11(15)8-19-9-12(10-20)14-3-1-2-4-16(14)19/h1-7,9-10H,8H2. The number of aldehydes is 1. The van der Waals surface area contributed by atoms with Crippen LogP contribution in [0, 0.1) is 5.82 Å². The number of aromatic nitrogens is 1. The molecule has 0 aliphatic rings. The molecule has 0 bridgehead atoms. The lowest BCUT2D eigenvalue weighted by atomic mass is 10.2. The third-order valence-electron chi connectivity index (χ3n) is 3.29. The van der Waals surface area contributed by atoms with Crippen molar-refractivity contribution in [3.05, 3.63) is 70.6 Å². The van der Waals surface area contributed by atoms with Crippen LogP contribution in [0.1, 0.15) is 15.9 Å². The highest BCUT2D eigenvalue weighted by atomic mass is 35.5. The average Bonchev–Trinajstić information content (AvgIpc) is 2.81. The van der Waals surface area contributed by atoms with Gasteiger partial charge in [0.2, 0.25) is 0 Å². The van der Waals surface area contributed by atoms with E-state index in [0.29, 0.717) is 22.7 Å². The van der Waals surface area contributed by atoms with Gasteiger partial charge in [-0.25, -0.2) is 4.39 Å². The van der Waals surface area contributed by atoms with Crippen LogP contribution >= 0.6 is 11.6 Å². The largest absolute Gasteiger partial charge is 0.342 e. The number of hydrogen-bond acceptors (Lipinski definition) is 1. The van der Waals surface area contributed by atoms with E-state index in [9.17, 15) is 9.18 Å². The van der Waals surface area contributed by atoms with Crippen LogP contribution in [0.2, 0.25) is 5.02 Å². The SMILES string of the molecule is O=Cc1cn(Cc2cc(F)ccc2Cl)c2ccccc12. The van der Waals surface area contributed by atoms with Crippen molar-refractivity contribution in [2.75, 3.05) is 0 Å². The van der Waals surface area contributed by atoms with E-state index in [1.54, 1.807) is 12.3 Å². The summed E-state index contributed by atoms with van der Waals surface area (Å²) < 4.78 is 15.2. The molecular weight excluding hydrogens is 277 g/mol. The molecule has 0 unspecified atom stereocenters. The average molecular weight is 288 g/mol. The van der Waals surface area contributed by atoms with E-state index in [1.165, 1.54) is 12.1 Å². The lowest BCUT2D eigenvalue weighted by Crippen LogP contribution is -1.99. The first-order valence-corrected chi connectivity index (χ1v) is 6.54. The van der Waals surface area contributed by atoms with Crippen LogP contribution in [-0.4, -0.2) is 10.9 Å². The molecule has 20 heavy (non-hydrogen) atoms. The predicted molar refractivity (Wildman–Crippen MR) is 77.8 cm³/mol. The Kier molecular flexibility index (Phi) is 3.28. The Morgan fingerprint density at radius 2 is 2.00 bits per heavy atom. The quantitative estimate of drug-likeness (QED) is 0.659. The van der Waals surface area contributed by atoms with E-state index >= 15 is 0 Å². The van der Waals surface area contributed by atoms with Gasteiger partial charge >= 0.3 is 0 Å². The van der Waals surface area contributed by atoms with Gasteiger partial charge in [0.25, 0.3) is 0 Å². The van der Waals surface area contributed by atoms with E-state index in [4.69, 9.17) is 11.6 Å². The van der Waals surface area contributed by atoms with E-state index < -0.39 is 0 Å². The van der Waals surface area contributed by atoms with Crippen molar-refractivity contribution < 1.29 is 9.18 Å². The molecule has 0 amide bonds. The normalized spacial score (nSPS) is 10.9. The van der Waals surface area contributed by atoms with Crippen LogP contribution in [0.5, 0.6) is 0 Å². The number of hydrogen-bond donors (Lipinski definition) is 0. The van der Waals surface area contributed by atoms with Crippen molar-refractivity contribution in [3.8, 4) is 0 Å². The van der Waals surface area contributed by atoms with Gasteiger partial charge < -0.3 is 4.57 Å². The van der Waals surface area contributed by atoms with Crippen molar-refractivity contribution in [2.45, 2.75) is 6.54 Å². The Bertz CT molecular complexity index is 794. The first-order valence-electron chi connectivity index (χ1n) is 6.16. The molecule has 0 saturated carbocycles. The monoisotopic (exact) mass is 287 g/mol. The fourth-order valence-electron chi connectivity index (χ4n) is 2.35. The molecule has 3 aromatic rings. The molecule has 0 atom stereocenters. The molecule has 0 radical (unpaired) electrons. The minimum Gasteiger partial charge on any atom is -0.342 e. The Morgan fingerprint density at radius 3 is 2.80 bits per heavy atom. The molecule has 0 fully saturated rings. The highest BCUT2D eigenvalue weighted by Crippen LogP contribution is 2.24. The maximum atomic E-state index is 13.3. The number of rotatable bonds is 3. The Balaban J connectivity index is 2.11. The van der Waals surface area contributed by atoms with Crippen LogP contribution in [-0.2, 0) is 6.54 Å². The van der Waals surface area contributed by atoms with Crippen molar-refractivity contribution in [2.24, 2.45) is 0 Å². The van der Waals surface area contributed by atoms with Gasteiger partial charge in [-0.15, -0.1) is 0 Å². The molecular formula is C16H11ClFNO. The molecule has 0 aliphatic heterocycles. The predicted octanol–water partition coefficient (Wildman–Crippen LogP) is 4.29. The smallest absolute Gasteiger partial charge is 0.152 e. The van der Waals surface area contributed by atoms with E-state index in [2.05, 4.69) is 0 Å². The van der Waals surface area contributed by atoms with E-state index in [1.807, 2.05) is 28.8 Å². The zero-order chi connectivity index (χ0) is 14.1. The van der Waals surface area contributed by atoms with E-state index in [-0.39, 0.29) is 5.82 Å². The van der Waals surface area contributed by atoms with Crippen LogP contribution in [0.25, 0.3) is 10.9 Å². The van der Waals surface area contributed by atoms with Crippen molar-refractivity contribution in [1.29, 1.82) is 0 Å². The highest BCUT2D eigenvalue weighted by molar-refractivity contribution is 6.31. The zero-order valence-electron chi connectivity index (χ0n) is 10.5. The number of benzene rings is 2. The summed E-state index contributed by atoms with van der Waals surface area (Å²) >= 11 is 6.09. The number of para-hydroxylation sites is 1. The fraction of sp³-hybridized carbons (Fsp3) is 0.0625. The first-order chi connectivity index (χ1) is 9.69. The van der Waals surface area contributed by atoms with Gasteiger partial charge in [0.15, 0.2) is 6.29 Å². The van der Waals surface area contributed by atoms with Gasteiger partial charge in [0.05, 0.1) is 0 Å². The summed E-state index contributed by atoms with van der Waals surface area (Å²) in [7, 11) is 0. The Hall–Kier alpha value is -2.13. The minimum atomic E-state index is -0.323. The summed E-state index contributed by atoms with van der Waals surface area (Å²) in [6.07, 6.45) is 2.59. The van der Waals surface area contributed by atoms with Gasteiger partial charge in [-0.05, 0) is 29.8 Å². The topological polar surface area (TPSA) is 22.0 Å². The summed E-state index contributed by atoms with van der Waals surface area (Å²) in [5, 5.41) is 1.40. The summed E-state index contributed by atoms with van der Waals surface area (Å²) in [5.41, 5.74) is 2.23. The maximum Gasteiger partial charge on any atom is 0.152 e. The lowest BCUT2D eigenvalue weighted by Gasteiger charge is -2.07. The molecule has 2 nitrogen and oxygen atoms in total. The van der Waals surface area contributed by atoms with Crippen molar-refractivity contribution >= 4 is 28.8 Å². The minimum absolute atomic E-state index is 0.323. The molecule has 0 spiro atoms. The summed E-state index contributed by atoms with van der Waals surface area (Å²) in [5.74, 6) is -0.323. The lowest BCUT2D eigenvalue weighted by molar-refractivity contribution is 0.112. The molecule has 0 aliphatic carbocycles. The molecule has 2 aromatic carbocycles. The van der Waals surface area contributed by atoms with Crippen LogP contribution in [0.15, 0.2) is 48.7 Å². The number of carbonyl (C=O) groups is 1. The molecule has 1 heterocycles. The van der Waals surface area contributed by atoms with Gasteiger partial charge in [-0.1, -0.05) is 29.8 Å². The second-order valence-corrected chi connectivity index (χ2v) is 4.99. The number of nitrogens with zero attached hydrogens (tertiary/aromatic N) is 1. The summed E-state index contributed by atoms with van der Waals surface area (Å²) in [6.45, 7) is 0.422. The second kappa shape index (κ2) is 5.10. The number of carbonyl (C=O) groups excluding carboxylic acids is 1.